The number of benzene rings is 1. The lowest BCUT2D eigenvalue weighted by molar-refractivity contribution is 0.245. The SMILES string of the molecule is COc1cccc(OC)c1OCCC1CCCCN1. The van der Waals surface area contributed by atoms with Crippen LogP contribution >= 0.6 is 0 Å². The van der Waals surface area contributed by atoms with Crippen LogP contribution in [0.4, 0.5) is 0 Å². The minimum Gasteiger partial charge on any atom is -0.493 e. The van der Waals surface area contributed by atoms with Gasteiger partial charge in [0, 0.05) is 6.04 Å². The van der Waals surface area contributed by atoms with Gasteiger partial charge in [-0.1, -0.05) is 12.5 Å². The normalized spacial score (nSPS) is 18.9. The Morgan fingerprint density at radius 1 is 1.16 bits per heavy atom. The van der Waals surface area contributed by atoms with Crippen molar-refractivity contribution in [3.63, 3.8) is 0 Å². The third-order valence-electron chi connectivity index (χ3n) is 3.51. The van der Waals surface area contributed by atoms with E-state index in [0.29, 0.717) is 18.4 Å². The number of rotatable bonds is 6. The second-order valence-electron chi connectivity index (χ2n) is 4.78. The summed E-state index contributed by atoms with van der Waals surface area (Å²) in [4.78, 5) is 0. The summed E-state index contributed by atoms with van der Waals surface area (Å²) in [5, 5.41) is 3.52. The monoisotopic (exact) mass is 265 g/mol. The van der Waals surface area contributed by atoms with E-state index in [0.717, 1.165) is 24.5 Å². The molecule has 1 N–H and O–H groups in total. The van der Waals surface area contributed by atoms with Gasteiger partial charge in [0.05, 0.1) is 20.8 Å². The van der Waals surface area contributed by atoms with Gasteiger partial charge in [-0.15, -0.1) is 0 Å². The lowest BCUT2D eigenvalue weighted by atomic mass is 10.0. The summed E-state index contributed by atoms with van der Waals surface area (Å²) in [6.07, 6.45) is 4.86. The fourth-order valence-electron chi connectivity index (χ4n) is 2.43. The number of para-hydroxylation sites is 1. The van der Waals surface area contributed by atoms with Crippen LogP contribution in [-0.2, 0) is 0 Å². The van der Waals surface area contributed by atoms with Crippen molar-refractivity contribution in [1.29, 1.82) is 0 Å². The molecule has 1 atom stereocenters. The van der Waals surface area contributed by atoms with Crippen molar-refractivity contribution in [1.82, 2.24) is 5.32 Å². The third kappa shape index (κ3) is 3.77. The first kappa shape index (κ1) is 14.0. The second-order valence-corrected chi connectivity index (χ2v) is 4.78. The lowest BCUT2D eigenvalue weighted by Crippen LogP contribution is -2.35. The molecule has 0 aromatic heterocycles. The standard InChI is InChI=1S/C15H23NO3/c1-17-13-7-5-8-14(18-2)15(13)19-11-9-12-6-3-4-10-16-12/h5,7-8,12,16H,3-4,6,9-11H2,1-2H3. The summed E-state index contributed by atoms with van der Waals surface area (Å²) < 4.78 is 16.5. The fourth-order valence-corrected chi connectivity index (χ4v) is 2.43. The van der Waals surface area contributed by atoms with E-state index in [1.165, 1.54) is 19.3 Å². The average Bonchev–Trinajstić information content (AvgIpc) is 2.48. The predicted molar refractivity (Wildman–Crippen MR) is 75.3 cm³/mol. The van der Waals surface area contributed by atoms with Gasteiger partial charge in [0.15, 0.2) is 11.5 Å². The Bertz CT molecular complexity index is 367. The molecule has 19 heavy (non-hydrogen) atoms. The first-order chi connectivity index (χ1) is 9.35. The Morgan fingerprint density at radius 2 is 1.89 bits per heavy atom. The number of piperidine rings is 1. The Hall–Kier alpha value is -1.42. The molecule has 0 amide bonds. The number of hydrogen-bond donors (Lipinski definition) is 1. The van der Waals surface area contributed by atoms with Crippen LogP contribution in [0, 0.1) is 0 Å². The predicted octanol–water partition coefficient (Wildman–Crippen LogP) is 2.61. The van der Waals surface area contributed by atoms with Gasteiger partial charge in [-0.25, -0.2) is 0 Å². The number of hydrogen-bond acceptors (Lipinski definition) is 4. The Labute approximate surface area is 115 Å². The zero-order valence-corrected chi connectivity index (χ0v) is 11.8. The highest BCUT2D eigenvalue weighted by Crippen LogP contribution is 2.36. The molecule has 4 nitrogen and oxygen atoms in total. The Morgan fingerprint density at radius 3 is 2.47 bits per heavy atom. The minimum atomic E-state index is 0.578. The maximum Gasteiger partial charge on any atom is 0.203 e. The fraction of sp³-hybridized carbons (Fsp3) is 0.600. The van der Waals surface area contributed by atoms with E-state index in [1.807, 2.05) is 18.2 Å². The molecular weight excluding hydrogens is 242 g/mol. The van der Waals surface area contributed by atoms with Crippen LogP contribution in [0.5, 0.6) is 17.2 Å². The molecule has 1 aliphatic rings. The molecular formula is C15H23NO3. The smallest absolute Gasteiger partial charge is 0.203 e. The van der Waals surface area contributed by atoms with Crippen molar-refractivity contribution in [2.45, 2.75) is 31.7 Å². The van der Waals surface area contributed by atoms with E-state index in [9.17, 15) is 0 Å². The first-order valence-corrected chi connectivity index (χ1v) is 6.92. The lowest BCUT2D eigenvalue weighted by Gasteiger charge is -2.23. The molecule has 106 valence electrons. The van der Waals surface area contributed by atoms with Crippen LogP contribution in [0.2, 0.25) is 0 Å². The highest BCUT2D eigenvalue weighted by atomic mass is 16.5. The molecule has 1 saturated heterocycles. The molecule has 1 unspecified atom stereocenters. The van der Waals surface area contributed by atoms with Crippen LogP contribution in [0.1, 0.15) is 25.7 Å². The van der Waals surface area contributed by atoms with Gasteiger partial charge >= 0.3 is 0 Å². The first-order valence-electron chi connectivity index (χ1n) is 6.92. The van der Waals surface area contributed by atoms with Gasteiger partial charge in [0.1, 0.15) is 0 Å². The average molecular weight is 265 g/mol. The third-order valence-corrected chi connectivity index (χ3v) is 3.51. The largest absolute Gasteiger partial charge is 0.493 e. The summed E-state index contributed by atoms with van der Waals surface area (Å²) in [6, 6.07) is 6.25. The van der Waals surface area contributed by atoms with E-state index in [1.54, 1.807) is 14.2 Å². The van der Waals surface area contributed by atoms with Gasteiger partial charge in [-0.3, -0.25) is 0 Å². The highest BCUT2D eigenvalue weighted by molar-refractivity contribution is 5.51. The topological polar surface area (TPSA) is 39.7 Å². The maximum absolute atomic E-state index is 5.86. The highest BCUT2D eigenvalue weighted by Gasteiger charge is 2.14. The van der Waals surface area contributed by atoms with Crippen molar-refractivity contribution in [3.8, 4) is 17.2 Å². The van der Waals surface area contributed by atoms with Gasteiger partial charge in [-0.05, 0) is 37.9 Å². The van der Waals surface area contributed by atoms with Crippen molar-refractivity contribution >= 4 is 0 Å². The maximum atomic E-state index is 5.86. The zero-order chi connectivity index (χ0) is 13.5. The van der Waals surface area contributed by atoms with Crippen molar-refractivity contribution in [2.75, 3.05) is 27.4 Å². The molecule has 0 saturated carbocycles. The quantitative estimate of drug-likeness (QED) is 0.858. The molecule has 4 heteroatoms. The second kappa shape index (κ2) is 7.24. The minimum absolute atomic E-state index is 0.578. The van der Waals surface area contributed by atoms with E-state index in [4.69, 9.17) is 14.2 Å². The van der Waals surface area contributed by atoms with E-state index < -0.39 is 0 Å². The molecule has 0 bridgehead atoms. The summed E-state index contributed by atoms with van der Waals surface area (Å²) in [5.74, 6) is 2.13. The van der Waals surface area contributed by atoms with E-state index in [2.05, 4.69) is 5.32 Å². The zero-order valence-electron chi connectivity index (χ0n) is 11.8. The van der Waals surface area contributed by atoms with Gasteiger partial charge < -0.3 is 19.5 Å². The summed E-state index contributed by atoms with van der Waals surface area (Å²) in [7, 11) is 3.29. The molecule has 0 radical (unpaired) electrons. The van der Waals surface area contributed by atoms with Crippen LogP contribution in [-0.4, -0.2) is 33.4 Å². The Kier molecular flexibility index (Phi) is 5.33. The van der Waals surface area contributed by atoms with E-state index in [-0.39, 0.29) is 0 Å². The molecule has 1 aromatic carbocycles. The molecule has 0 spiro atoms. The Balaban J connectivity index is 1.90. The van der Waals surface area contributed by atoms with Crippen molar-refractivity contribution in [2.24, 2.45) is 0 Å². The number of nitrogens with one attached hydrogen (secondary N) is 1. The molecule has 1 heterocycles. The molecule has 1 aromatic rings. The molecule has 1 aliphatic heterocycles. The summed E-state index contributed by atoms with van der Waals surface area (Å²) >= 11 is 0. The van der Waals surface area contributed by atoms with Gasteiger partial charge in [0.25, 0.3) is 0 Å². The van der Waals surface area contributed by atoms with Crippen LogP contribution in [0.25, 0.3) is 0 Å². The van der Waals surface area contributed by atoms with Crippen molar-refractivity contribution in [3.05, 3.63) is 18.2 Å². The van der Waals surface area contributed by atoms with Crippen LogP contribution in [0.3, 0.4) is 0 Å². The van der Waals surface area contributed by atoms with Crippen molar-refractivity contribution < 1.29 is 14.2 Å². The molecule has 2 rings (SSSR count). The molecule has 1 fully saturated rings. The van der Waals surface area contributed by atoms with Gasteiger partial charge in [0.2, 0.25) is 5.75 Å². The number of methoxy groups -OCH3 is 2. The van der Waals surface area contributed by atoms with E-state index >= 15 is 0 Å². The summed E-state index contributed by atoms with van der Waals surface area (Å²) in [6.45, 7) is 1.80. The summed E-state index contributed by atoms with van der Waals surface area (Å²) in [5.41, 5.74) is 0. The van der Waals surface area contributed by atoms with Crippen LogP contribution in [0.15, 0.2) is 18.2 Å². The van der Waals surface area contributed by atoms with Crippen LogP contribution < -0.4 is 19.5 Å². The van der Waals surface area contributed by atoms with Gasteiger partial charge in [-0.2, -0.15) is 0 Å². The number of ether oxygens (including phenoxy) is 3. The molecule has 0 aliphatic carbocycles.